The highest BCUT2D eigenvalue weighted by Gasteiger charge is 2.21. The lowest BCUT2D eigenvalue weighted by Gasteiger charge is -2.09. The predicted octanol–water partition coefficient (Wildman–Crippen LogP) is 3.71. The summed E-state index contributed by atoms with van der Waals surface area (Å²) in [5, 5.41) is 6.27. The number of ether oxygens (including phenoxy) is 1. The molecule has 0 unspecified atom stereocenters. The number of hydrogen-bond donors (Lipinski definition) is 2. The topological polar surface area (TPSA) is 50.4 Å². The summed E-state index contributed by atoms with van der Waals surface area (Å²) in [7, 11) is 0. The maximum Gasteiger partial charge on any atom is 0.251 e. The van der Waals surface area contributed by atoms with Gasteiger partial charge in [-0.2, -0.15) is 0 Å². The van der Waals surface area contributed by atoms with Gasteiger partial charge in [-0.15, -0.1) is 0 Å². The summed E-state index contributed by atoms with van der Waals surface area (Å²) >= 11 is 0. The van der Waals surface area contributed by atoms with Gasteiger partial charge in [0, 0.05) is 24.3 Å². The van der Waals surface area contributed by atoms with Gasteiger partial charge < -0.3 is 15.4 Å². The summed E-state index contributed by atoms with van der Waals surface area (Å²) < 4.78 is 5.68. The summed E-state index contributed by atoms with van der Waals surface area (Å²) in [4.78, 5) is 12.1. The molecule has 24 heavy (non-hydrogen) atoms. The second kappa shape index (κ2) is 8.39. The number of amides is 1. The molecule has 0 bridgehead atoms. The first-order valence-corrected chi connectivity index (χ1v) is 8.61. The minimum atomic E-state index is -0.0385. The summed E-state index contributed by atoms with van der Waals surface area (Å²) in [5.41, 5.74) is 1.77. The molecule has 0 heterocycles. The van der Waals surface area contributed by atoms with E-state index in [1.807, 2.05) is 54.6 Å². The zero-order chi connectivity index (χ0) is 16.6. The van der Waals surface area contributed by atoms with Crippen LogP contribution in [0.4, 0.5) is 5.69 Å². The Morgan fingerprint density at radius 1 is 1.00 bits per heavy atom. The van der Waals surface area contributed by atoms with E-state index < -0.39 is 0 Å². The van der Waals surface area contributed by atoms with E-state index in [0.29, 0.717) is 12.1 Å². The molecule has 3 rings (SSSR count). The van der Waals surface area contributed by atoms with Gasteiger partial charge in [-0.25, -0.2) is 0 Å². The molecule has 0 radical (unpaired) electrons. The van der Waals surface area contributed by atoms with Crippen LogP contribution in [-0.4, -0.2) is 25.6 Å². The average molecular weight is 324 g/mol. The fourth-order valence-corrected chi connectivity index (χ4v) is 2.38. The molecule has 0 spiro atoms. The Bertz CT molecular complexity index is 636. The molecule has 2 aromatic carbocycles. The van der Waals surface area contributed by atoms with Crippen molar-refractivity contribution in [3.05, 3.63) is 60.2 Å². The van der Waals surface area contributed by atoms with Gasteiger partial charge in [0.1, 0.15) is 5.75 Å². The molecule has 4 nitrogen and oxygen atoms in total. The lowest BCUT2D eigenvalue weighted by Crippen LogP contribution is -2.25. The zero-order valence-corrected chi connectivity index (χ0v) is 13.8. The van der Waals surface area contributed by atoms with Gasteiger partial charge in [-0.1, -0.05) is 18.2 Å². The van der Waals surface area contributed by atoms with Crippen LogP contribution in [0.1, 0.15) is 29.6 Å². The summed E-state index contributed by atoms with van der Waals surface area (Å²) in [6.07, 6.45) is 3.43. The van der Waals surface area contributed by atoms with E-state index in [9.17, 15) is 4.79 Å². The Labute approximate surface area is 143 Å². The summed E-state index contributed by atoms with van der Waals surface area (Å²) in [6.45, 7) is 2.27. The molecule has 4 heteroatoms. The number of anilines is 1. The van der Waals surface area contributed by atoms with Gasteiger partial charge in [0.05, 0.1) is 6.61 Å². The van der Waals surface area contributed by atoms with Crippen molar-refractivity contribution in [2.75, 3.05) is 25.0 Å². The van der Waals surface area contributed by atoms with Crippen molar-refractivity contribution in [3.63, 3.8) is 0 Å². The molecule has 126 valence electrons. The van der Waals surface area contributed by atoms with Crippen molar-refractivity contribution >= 4 is 11.6 Å². The highest BCUT2D eigenvalue weighted by Crippen LogP contribution is 2.29. The molecule has 1 aliphatic rings. The van der Waals surface area contributed by atoms with Crippen LogP contribution in [0.15, 0.2) is 54.6 Å². The van der Waals surface area contributed by atoms with E-state index in [2.05, 4.69) is 10.6 Å². The van der Waals surface area contributed by atoms with E-state index in [4.69, 9.17) is 4.74 Å². The van der Waals surface area contributed by atoms with Crippen LogP contribution in [0.5, 0.6) is 5.75 Å². The molecule has 0 atom stereocenters. The van der Waals surface area contributed by atoms with E-state index in [1.165, 1.54) is 12.8 Å². The number of nitrogens with one attached hydrogen (secondary N) is 2. The predicted molar refractivity (Wildman–Crippen MR) is 96.5 cm³/mol. The second-order valence-electron chi connectivity index (χ2n) is 6.18. The van der Waals surface area contributed by atoms with Crippen LogP contribution in [-0.2, 0) is 0 Å². The second-order valence-corrected chi connectivity index (χ2v) is 6.18. The molecular formula is C20H24N2O2. The fourth-order valence-electron chi connectivity index (χ4n) is 2.38. The maximum atomic E-state index is 12.1. The van der Waals surface area contributed by atoms with Crippen LogP contribution >= 0.6 is 0 Å². The summed E-state index contributed by atoms with van der Waals surface area (Å²) in [6, 6.07) is 17.4. The normalized spacial score (nSPS) is 13.3. The average Bonchev–Trinajstić information content (AvgIpc) is 3.45. The highest BCUT2D eigenvalue weighted by molar-refractivity contribution is 5.94. The quantitative estimate of drug-likeness (QED) is 0.691. The lowest BCUT2D eigenvalue weighted by atomic mass is 10.2. The Hall–Kier alpha value is -2.49. The Morgan fingerprint density at radius 2 is 1.75 bits per heavy atom. The smallest absolute Gasteiger partial charge is 0.251 e. The molecule has 0 aliphatic heterocycles. The largest absolute Gasteiger partial charge is 0.493 e. The minimum Gasteiger partial charge on any atom is -0.493 e. The first-order chi connectivity index (χ1) is 11.8. The molecule has 2 N–H and O–H groups in total. The van der Waals surface area contributed by atoms with Crippen molar-refractivity contribution in [2.24, 2.45) is 5.92 Å². The Balaban J connectivity index is 1.33. The third-order valence-electron chi connectivity index (χ3n) is 4.04. The van der Waals surface area contributed by atoms with Crippen molar-refractivity contribution in [3.8, 4) is 5.75 Å². The van der Waals surface area contributed by atoms with Gasteiger partial charge in [-0.05, 0) is 61.6 Å². The number of carbonyl (C=O) groups excluding carboxylic acids is 1. The van der Waals surface area contributed by atoms with Crippen LogP contribution in [0, 0.1) is 5.92 Å². The van der Waals surface area contributed by atoms with E-state index >= 15 is 0 Å². The zero-order valence-electron chi connectivity index (χ0n) is 13.8. The minimum absolute atomic E-state index is 0.0385. The van der Waals surface area contributed by atoms with E-state index in [0.717, 1.165) is 36.9 Å². The lowest BCUT2D eigenvalue weighted by molar-refractivity contribution is 0.0953. The van der Waals surface area contributed by atoms with Gasteiger partial charge >= 0.3 is 0 Å². The van der Waals surface area contributed by atoms with E-state index in [1.54, 1.807) is 0 Å². The molecule has 0 aromatic heterocycles. The van der Waals surface area contributed by atoms with Crippen LogP contribution in [0.3, 0.4) is 0 Å². The molecule has 1 saturated carbocycles. The monoisotopic (exact) mass is 324 g/mol. The standard InChI is InChI=1S/C20H24N2O2/c23-20(22-14-4-13-21-18-5-2-1-3-6-18)17-9-11-19(12-10-17)24-15-16-7-8-16/h1-3,5-6,9-12,16,21H,4,7-8,13-15H2,(H,22,23). The molecule has 1 aliphatic carbocycles. The molecule has 0 saturated heterocycles. The van der Waals surface area contributed by atoms with Crippen molar-refractivity contribution < 1.29 is 9.53 Å². The van der Waals surface area contributed by atoms with Gasteiger partial charge in [0.2, 0.25) is 0 Å². The van der Waals surface area contributed by atoms with Gasteiger partial charge in [0.25, 0.3) is 5.91 Å². The first-order valence-electron chi connectivity index (χ1n) is 8.61. The third-order valence-corrected chi connectivity index (χ3v) is 4.04. The van der Waals surface area contributed by atoms with Crippen LogP contribution in [0.25, 0.3) is 0 Å². The molecule has 2 aromatic rings. The Kier molecular flexibility index (Phi) is 5.72. The third kappa shape index (κ3) is 5.30. The number of benzene rings is 2. The molecule has 1 amide bonds. The van der Waals surface area contributed by atoms with Crippen molar-refractivity contribution in [1.29, 1.82) is 0 Å². The van der Waals surface area contributed by atoms with Gasteiger partial charge in [-0.3, -0.25) is 4.79 Å². The number of carbonyl (C=O) groups is 1. The van der Waals surface area contributed by atoms with E-state index in [-0.39, 0.29) is 5.91 Å². The first kappa shape index (κ1) is 16.4. The Morgan fingerprint density at radius 3 is 2.46 bits per heavy atom. The van der Waals surface area contributed by atoms with Gasteiger partial charge in [0.15, 0.2) is 0 Å². The fraction of sp³-hybridized carbons (Fsp3) is 0.350. The number of hydrogen-bond acceptors (Lipinski definition) is 3. The van der Waals surface area contributed by atoms with Crippen molar-refractivity contribution in [2.45, 2.75) is 19.3 Å². The highest BCUT2D eigenvalue weighted by atomic mass is 16.5. The number of para-hydroxylation sites is 1. The molecular weight excluding hydrogens is 300 g/mol. The van der Waals surface area contributed by atoms with Crippen LogP contribution in [0.2, 0.25) is 0 Å². The summed E-state index contributed by atoms with van der Waals surface area (Å²) in [5.74, 6) is 1.53. The molecule has 1 fully saturated rings. The van der Waals surface area contributed by atoms with Crippen molar-refractivity contribution in [1.82, 2.24) is 5.32 Å². The number of rotatable bonds is 9. The maximum absolute atomic E-state index is 12.1. The SMILES string of the molecule is O=C(NCCCNc1ccccc1)c1ccc(OCC2CC2)cc1. The van der Waals surface area contributed by atoms with Crippen LogP contribution < -0.4 is 15.4 Å².